The Balaban J connectivity index is 1.28. The van der Waals surface area contributed by atoms with Gasteiger partial charge < -0.3 is 25.4 Å². The average molecular weight is 609 g/mol. The van der Waals surface area contributed by atoms with Gasteiger partial charge in [0.1, 0.15) is 18.6 Å². The van der Waals surface area contributed by atoms with E-state index in [1.54, 1.807) is 6.92 Å². The summed E-state index contributed by atoms with van der Waals surface area (Å²) < 4.78 is 85.1. The van der Waals surface area contributed by atoms with Crippen LogP contribution in [0.25, 0.3) is 0 Å². The molecule has 4 fully saturated rings. The molecule has 234 valence electrons. The number of nitrogens with zero attached hydrogens (tertiary/aromatic N) is 4. The number of aryl methyl sites for hydroxylation is 1. The molecule has 0 spiro atoms. The van der Waals surface area contributed by atoms with Crippen LogP contribution in [0.3, 0.4) is 0 Å². The number of rotatable bonds is 5. The highest BCUT2D eigenvalue weighted by molar-refractivity contribution is 5.56. The van der Waals surface area contributed by atoms with Gasteiger partial charge in [-0.05, 0) is 50.8 Å². The Morgan fingerprint density at radius 1 is 1.19 bits per heavy atom. The molecule has 0 aliphatic carbocycles. The summed E-state index contributed by atoms with van der Waals surface area (Å²) in [5.74, 6) is -1.28. The quantitative estimate of drug-likeness (QED) is 0.370. The van der Waals surface area contributed by atoms with Crippen molar-refractivity contribution in [2.24, 2.45) is 0 Å². The molecule has 5 aliphatic rings. The third-order valence-electron chi connectivity index (χ3n) is 10.1. The molecule has 4 saturated heterocycles. The third-order valence-corrected chi connectivity index (χ3v) is 10.1. The second-order valence-corrected chi connectivity index (χ2v) is 13.0. The van der Waals surface area contributed by atoms with E-state index in [0.717, 1.165) is 38.3 Å². The van der Waals surface area contributed by atoms with Crippen molar-refractivity contribution in [3.05, 3.63) is 39.8 Å². The summed E-state index contributed by atoms with van der Waals surface area (Å²) in [4.78, 5) is 13.9. The first-order valence-electron chi connectivity index (χ1n) is 15.1. The third kappa shape index (κ3) is 4.91. The van der Waals surface area contributed by atoms with Crippen LogP contribution in [0.15, 0.2) is 6.07 Å². The van der Waals surface area contributed by atoms with Gasteiger partial charge in [0.2, 0.25) is 0 Å². The van der Waals surface area contributed by atoms with E-state index in [-0.39, 0.29) is 30.5 Å². The highest BCUT2D eigenvalue weighted by Gasteiger charge is 2.50. The zero-order valence-corrected chi connectivity index (χ0v) is 24.3. The van der Waals surface area contributed by atoms with Gasteiger partial charge in [-0.25, -0.2) is 8.78 Å². The van der Waals surface area contributed by atoms with Crippen LogP contribution in [-0.4, -0.2) is 71.4 Å². The van der Waals surface area contributed by atoms with Gasteiger partial charge in [0.25, 0.3) is 0 Å². The van der Waals surface area contributed by atoms with Crippen LogP contribution < -0.4 is 20.7 Å². The number of hydrogen-bond acceptors (Lipinski definition) is 8. The molecule has 0 radical (unpaired) electrons. The summed E-state index contributed by atoms with van der Waals surface area (Å²) in [7, 11) is 0. The molecule has 3 N–H and O–H groups in total. The summed E-state index contributed by atoms with van der Waals surface area (Å²) in [6.45, 7) is 5.69. The maximum Gasteiger partial charge on any atom is 0.417 e. The lowest BCUT2D eigenvalue weighted by Crippen LogP contribution is -2.52. The summed E-state index contributed by atoms with van der Waals surface area (Å²) in [6.07, 6.45) is -2.78. The van der Waals surface area contributed by atoms with E-state index in [4.69, 9.17) is 25.2 Å². The molecule has 13 heteroatoms. The van der Waals surface area contributed by atoms with Crippen molar-refractivity contribution < 1.29 is 31.4 Å². The second kappa shape index (κ2) is 10.4. The van der Waals surface area contributed by atoms with Crippen LogP contribution in [0.1, 0.15) is 79.0 Å². The molecule has 43 heavy (non-hydrogen) atoms. The number of anilines is 2. The molecule has 0 saturated carbocycles. The van der Waals surface area contributed by atoms with Crippen molar-refractivity contribution in [3.8, 4) is 6.01 Å². The van der Waals surface area contributed by atoms with Crippen LogP contribution in [0.4, 0.5) is 33.5 Å². The van der Waals surface area contributed by atoms with Crippen molar-refractivity contribution in [1.82, 2.24) is 20.2 Å². The maximum absolute atomic E-state index is 15.5. The van der Waals surface area contributed by atoms with Gasteiger partial charge in [-0.3, -0.25) is 4.90 Å². The normalized spacial score (nSPS) is 32.3. The Bertz CT molecular complexity index is 1410. The summed E-state index contributed by atoms with van der Waals surface area (Å²) in [5, 5.41) is 3.60. The molecule has 5 aliphatic heterocycles. The van der Waals surface area contributed by atoms with E-state index in [1.807, 2.05) is 0 Å². The summed E-state index contributed by atoms with van der Waals surface area (Å²) >= 11 is 0. The van der Waals surface area contributed by atoms with Gasteiger partial charge in [-0.2, -0.15) is 23.1 Å². The van der Waals surface area contributed by atoms with Crippen LogP contribution in [0.2, 0.25) is 0 Å². The van der Waals surface area contributed by atoms with Crippen molar-refractivity contribution in [1.29, 1.82) is 0 Å². The number of fused-ring (bicyclic) bond motifs is 4. The fraction of sp³-hybridized carbons (Fsp3) is 0.667. The number of nitrogen functional groups attached to an aromatic ring is 1. The number of hydrogen-bond donors (Lipinski definition) is 2. The standard InChI is InChI=1S/C30H37F5N6O2/c1-15-8-21(36)24(32)22(23(15)30(33,34)35)26-16(2)25-20(13-42-26)27(40-11-18-4-5-19(12-40)37-18)39-28(38-25)43-14-29-6-3-7-41(29)10-17(31)9-29/h8,16-19,26,37H,3-7,9-14,36H2,1-2H3/t16-,17+,18?,19?,26+,29-/m0/s1. The Labute approximate surface area is 247 Å². The first-order chi connectivity index (χ1) is 20.4. The SMILES string of the molecule is Cc1cc(N)c(F)c([C@@H]2OCc3c(nc(OC[C@@]45CCCN4C[C@H](F)C5)nc3N3CC4CCC(C3)N4)[C@@H]2C)c1C(F)(F)F. The highest BCUT2D eigenvalue weighted by atomic mass is 19.4. The minimum absolute atomic E-state index is 0.0922. The van der Waals surface area contributed by atoms with E-state index < -0.39 is 46.9 Å². The zero-order chi connectivity index (χ0) is 30.3. The molecule has 7 rings (SSSR count). The predicted octanol–water partition coefficient (Wildman–Crippen LogP) is 4.80. The number of ether oxygens (including phenoxy) is 2. The molecule has 6 atom stereocenters. The Morgan fingerprint density at radius 3 is 2.65 bits per heavy atom. The summed E-state index contributed by atoms with van der Waals surface area (Å²) in [5.41, 5.74) is 4.31. The van der Waals surface area contributed by atoms with Gasteiger partial charge in [0, 0.05) is 55.2 Å². The second-order valence-electron chi connectivity index (χ2n) is 13.0. The Morgan fingerprint density at radius 2 is 1.93 bits per heavy atom. The monoisotopic (exact) mass is 608 g/mol. The van der Waals surface area contributed by atoms with Gasteiger partial charge in [-0.15, -0.1) is 0 Å². The molecule has 1 aromatic heterocycles. The Hall–Kier alpha value is -2.77. The minimum Gasteiger partial charge on any atom is -0.461 e. The lowest BCUT2D eigenvalue weighted by molar-refractivity contribution is -0.140. The molecule has 1 aromatic carbocycles. The number of benzene rings is 1. The number of piperazine rings is 1. The van der Waals surface area contributed by atoms with E-state index in [2.05, 4.69) is 15.1 Å². The van der Waals surface area contributed by atoms with E-state index in [9.17, 15) is 17.6 Å². The lowest BCUT2D eigenvalue weighted by Gasteiger charge is -2.38. The molecule has 6 heterocycles. The molecular formula is C30H37F5N6O2. The van der Waals surface area contributed by atoms with Gasteiger partial charge in [-0.1, -0.05) is 6.92 Å². The minimum atomic E-state index is -4.81. The summed E-state index contributed by atoms with van der Waals surface area (Å²) in [6, 6.07) is 1.70. The molecule has 8 nitrogen and oxygen atoms in total. The first kappa shape index (κ1) is 29.0. The first-order valence-corrected chi connectivity index (χ1v) is 15.1. The van der Waals surface area contributed by atoms with Gasteiger partial charge >= 0.3 is 12.2 Å². The van der Waals surface area contributed by atoms with Crippen LogP contribution in [0, 0.1) is 12.7 Å². The van der Waals surface area contributed by atoms with Crippen molar-refractivity contribution >= 4 is 11.5 Å². The van der Waals surface area contributed by atoms with Crippen molar-refractivity contribution in [3.63, 3.8) is 0 Å². The molecule has 2 aromatic rings. The van der Waals surface area contributed by atoms with Gasteiger partial charge in [0.15, 0.2) is 5.82 Å². The number of halogens is 5. The molecule has 0 amide bonds. The lowest BCUT2D eigenvalue weighted by atomic mass is 9.85. The number of aromatic nitrogens is 2. The molecule has 2 bridgehead atoms. The highest BCUT2D eigenvalue weighted by Crippen LogP contribution is 2.49. The van der Waals surface area contributed by atoms with Crippen molar-refractivity contribution in [2.45, 2.75) is 94.6 Å². The Kier molecular flexibility index (Phi) is 7.01. The topological polar surface area (TPSA) is 88.8 Å². The van der Waals surface area contributed by atoms with Crippen molar-refractivity contribution in [2.75, 3.05) is 43.4 Å². The van der Waals surface area contributed by atoms with Gasteiger partial charge in [0.05, 0.1) is 35.2 Å². The van der Waals surface area contributed by atoms with E-state index in [1.165, 1.54) is 6.92 Å². The number of nitrogens with one attached hydrogen (secondary N) is 1. The maximum atomic E-state index is 15.5. The zero-order valence-electron chi connectivity index (χ0n) is 24.3. The van der Waals surface area contributed by atoms with E-state index >= 15 is 4.39 Å². The van der Waals surface area contributed by atoms with Crippen LogP contribution in [-0.2, 0) is 17.5 Å². The fourth-order valence-electron chi connectivity index (χ4n) is 8.21. The average Bonchev–Trinajstić information content (AvgIpc) is 3.59. The molecule has 2 unspecified atom stereocenters. The number of alkyl halides is 4. The van der Waals surface area contributed by atoms with Crippen LogP contribution >= 0.6 is 0 Å². The smallest absolute Gasteiger partial charge is 0.417 e. The predicted molar refractivity (Wildman–Crippen MR) is 149 cm³/mol. The van der Waals surface area contributed by atoms with E-state index in [0.29, 0.717) is 55.2 Å². The fourth-order valence-corrected chi connectivity index (χ4v) is 8.21. The largest absolute Gasteiger partial charge is 0.461 e. The molecular weight excluding hydrogens is 571 g/mol. The number of nitrogens with two attached hydrogens (primary N) is 1. The van der Waals surface area contributed by atoms with Crippen LogP contribution in [0.5, 0.6) is 6.01 Å².